The number of hydrogen-bond donors (Lipinski definition) is 1. The summed E-state index contributed by atoms with van der Waals surface area (Å²) in [7, 11) is 0. The van der Waals surface area contributed by atoms with Gasteiger partial charge < -0.3 is 5.32 Å². The van der Waals surface area contributed by atoms with Crippen molar-refractivity contribution in [3.8, 4) is 0 Å². The molecule has 31 heavy (non-hydrogen) atoms. The van der Waals surface area contributed by atoms with Crippen LogP contribution in [-0.2, 0) is 9.59 Å². The Morgan fingerprint density at radius 3 is 2.77 bits per heavy atom. The van der Waals surface area contributed by atoms with Crippen LogP contribution >= 0.6 is 23.1 Å². The van der Waals surface area contributed by atoms with Crippen LogP contribution in [-0.4, -0.2) is 22.0 Å². The number of para-hydroxylation sites is 1. The van der Waals surface area contributed by atoms with Crippen LogP contribution in [0.2, 0.25) is 0 Å². The highest BCUT2D eigenvalue weighted by Crippen LogP contribution is 2.33. The average molecular weight is 453 g/mol. The number of carbonyl (C=O) groups is 2. The van der Waals surface area contributed by atoms with Gasteiger partial charge in [0.15, 0.2) is 10.3 Å². The molecule has 1 aliphatic rings. The average Bonchev–Trinajstić information content (AvgIpc) is 3.30. The molecule has 2 amide bonds. The van der Waals surface area contributed by atoms with Gasteiger partial charge in [0.2, 0.25) is 5.91 Å². The molecule has 1 saturated heterocycles. The summed E-state index contributed by atoms with van der Waals surface area (Å²) >= 11 is 2.40. The van der Waals surface area contributed by atoms with Crippen molar-refractivity contribution in [2.75, 3.05) is 4.90 Å². The number of hydrogen-bond acceptors (Lipinski definition) is 6. The van der Waals surface area contributed by atoms with Crippen molar-refractivity contribution in [2.24, 2.45) is 4.99 Å². The molecule has 1 N–H and O–H groups in total. The SMILES string of the molecule is CC(=O)N(c1nc(/C=C2/SC(=Nc3cccc(C)c3)NC2=O)cs1)c1ccccc1F. The molecule has 6 nitrogen and oxygen atoms in total. The number of anilines is 2. The smallest absolute Gasteiger partial charge is 0.264 e. The Balaban J connectivity index is 1.58. The number of benzene rings is 2. The van der Waals surface area contributed by atoms with Gasteiger partial charge in [0, 0.05) is 12.3 Å². The van der Waals surface area contributed by atoms with E-state index in [1.807, 2.05) is 31.2 Å². The molecule has 1 aliphatic heterocycles. The first-order chi connectivity index (χ1) is 14.9. The van der Waals surface area contributed by atoms with E-state index < -0.39 is 5.82 Å². The van der Waals surface area contributed by atoms with E-state index in [-0.39, 0.29) is 17.5 Å². The maximum Gasteiger partial charge on any atom is 0.264 e. The van der Waals surface area contributed by atoms with Gasteiger partial charge in [-0.15, -0.1) is 11.3 Å². The lowest BCUT2D eigenvalue weighted by Gasteiger charge is -2.18. The number of thioether (sulfide) groups is 1. The summed E-state index contributed by atoms with van der Waals surface area (Å²) in [5.74, 6) is -1.15. The largest absolute Gasteiger partial charge is 0.300 e. The monoisotopic (exact) mass is 452 g/mol. The van der Waals surface area contributed by atoms with Crippen molar-refractivity contribution in [1.82, 2.24) is 10.3 Å². The molecule has 0 bridgehead atoms. The third-order valence-corrected chi connectivity index (χ3v) is 6.03. The second-order valence-electron chi connectivity index (χ2n) is 6.68. The molecular formula is C22H17FN4O2S2. The molecule has 1 aromatic heterocycles. The van der Waals surface area contributed by atoms with E-state index in [9.17, 15) is 14.0 Å². The number of nitrogens with one attached hydrogen (secondary N) is 1. The fraction of sp³-hybridized carbons (Fsp3) is 0.0909. The van der Waals surface area contributed by atoms with Crippen molar-refractivity contribution in [1.29, 1.82) is 0 Å². The van der Waals surface area contributed by atoms with Gasteiger partial charge in [-0.05, 0) is 54.6 Å². The minimum atomic E-state index is -0.518. The summed E-state index contributed by atoms with van der Waals surface area (Å²) in [6.07, 6.45) is 1.62. The molecule has 2 aromatic carbocycles. The zero-order valence-corrected chi connectivity index (χ0v) is 18.3. The van der Waals surface area contributed by atoms with Crippen LogP contribution in [0.15, 0.2) is 63.8 Å². The number of aliphatic imine (C=N–C) groups is 1. The summed E-state index contributed by atoms with van der Waals surface area (Å²) in [6.45, 7) is 3.32. The topological polar surface area (TPSA) is 74.7 Å². The molecule has 1 fully saturated rings. The molecule has 0 atom stereocenters. The summed E-state index contributed by atoms with van der Waals surface area (Å²) in [5, 5.41) is 5.25. The minimum Gasteiger partial charge on any atom is -0.300 e. The van der Waals surface area contributed by atoms with Crippen LogP contribution in [0.1, 0.15) is 18.2 Å². The summed E-state index contributed by atoms with van der Waals surface area (Å²) in [4.78, 5) is 35.0. The van der Waals surface area contributed by atoms with E-state index in [2.05, 4.69) is 15.3 Å². The van der Waals surface area contributed by atoms with Crippen LogP contribution in [0.3, 0.4) is 0 Å². The van der Waals surface area contributed by atoms with Crippen molar-refractivity contribution in [3.63, 3.8) is 0 Å². The predicted octanol–water partition coefficient (Wildman–Crippen LogP) is 5.17. The van der Waals surface area contributed by atoms with Crippen LogP contribution in [0.25, 0.3) is 6.08 Å². The summed E-state index contributed by atoms with van der Waals surface area (Å²) in [5.41, 5.74) is 2.45. The van der Waals surface area contributed by atoms with Gasteiger partial charge in [0.25, 0.3) is 5.91 Å². The second kappa shape index (κ2) is 8.83. The summed E-state index contributed by atoms with van der Waals surface area (Å²) < 4.78 is 14.2. The van der Waals surface area contributed by atoms with Gasteiger partial charge in [-0.1, -0.05) is 24.3 Å². The number of aryl methyl sites for hydroxylation is 1. The molecular weight excluding hydrogens is 435 g/mol. The first-order valence-electron chi connectivity index (χ1n) is 9.28. The lowest BCUT2D eigenvalue weighted by molar-refractivity contribution is -0.116. The highest BCUT2D eigenvalue weighted by atomic mass is 32.2. The highest BCUT2D eigenvalue weighted by Gasteiger charge is 2.25. The van der Waals surface area contributed by atoms with E-state index in [0.717, 1.165) is 11.3 Å². The van der Waals surface area contributed by atoms with Crippen molar-refractivity contribution in [2.45, 2.75) is 13.8 Å². The van der Waals surface area contributed by atoms with Gasteiger partial charge in [-0.2, -0.15) is 0 Å². The number of aromatic nitrogens is 1. The third kappa shape index (κ3) is 4.73. The minimum absolute atomic E-state index is 0.129. The summed E-state index contributed by atoms with van der Waals surface area (Å²) in [6, 6.07) is 13.7. The highest BCUT2D eigenvalue weighted by molar-refractivity contribution is 8.18. The van der Waals surface area contributed by atoms with Crippen molar-refractivity contribution < 1.29 is 14.0 Å². The lowest BCUT2D eigenvalue weighted by Crippen LogP contribution is -2.23. The molecule has 0 aliphatic carbocycles. The van der Waals surface area contributed by atoms with Gasteiger partial charge in [0.1, 0.15) is 5.82 Å². The fourth-order valence-corrected chi connectivity index (χ4v) is 4.58. The molecule has 0 spiro atoms. The molecule has 9 heteroatoms. The number of amidine groups is 1. The quantitative estimate of drug-likeness (QED) is 0.555. The van der Waals surface area contributed by atoms with E-state index in [1.54, 1.807) is 23.6 Å². The van der Waals surface area contributed by atoms with Crippen LogP contribution in [0.5, 0.6) is 0 Å². The van der Waals surface area contributed by atoms with Crippen molar-refractivity contribution in [3.05, 3.63) is 75.9 Å². The molecule has 2 heterocycles. The Bertz CT molecular complexity index is 1240. The van der Waals surface area contributed by atoms with E-state index in [0.29, 0.717) is 20.9 Å². The maximum atomic E-state index is 14.2. The molecule has 4 rings (SSSR count). The van der Waals surface area contributed by atoms with Crippen LogP contribution < -0.4 is 10.2 Å². The molecule has 0 unspecified atom stereocenters. The first kappa shape index (κ1) is 21.0. The molecule has 0 radical (unpaired) electrons. The van der Waals surface area contributed by atoms with Gasteiger partial charge in [-0.3, -0.25) is 14.5 Å². The zero-order valence-electron chi connectivity index (χ0n) is 16.6. The number of carbonyl (C=O) groups excluding carboxylic acids is 2. The number of amides is 2. The Morgan fingerprint density at radius 1 is 1.23 bits per heavy atom. The zero-order chi connectivity index (χ0) is 22.0. The van der Waals surface area contributed by atoms with Gasteiger partial charge in [0.05, 0.1) is 22.0 Å². The first-order valence-corrected chi connectivity index (χ1v) is 11.0. The Morgan fingerprint density at radius 2 is 2.03 bits per heavy atom. The fourth-order valence-electron chi connectivity index (χ4n) is 2.92. The van der Waals surface area contributed by atoms with E-state index in [4.69, 9.17) is 0 Å². The maximum absolute atomic E-state index is 14.2. The molecule has 0 saturated carbocycles. The normalized spacial score (nSPS) is 16.0. The van der Waals surface area contributed by atoms with E-state index in [1.165, 1.54) is 47.1 Å². The number of nitrogens with zero attached hydrogens (tertiary/aromatic N) is 3. The van der Waals surface area contributed by atoms with Crippen LogP contribution in [0, 0.1) is 12.7 Å². The Hall–Kier alpha value is -3.30. The molecule has 156 valence electrons. The Kier molecular flexibility index (Phi) is 5.97. The van der Waals surface area contributed by atoms with Crippen LogP contribution in [0.4, 0.5) is 20.9 Å². The van der Waals surface area contributed by atoms with Gasteiger partial charge >= 0.3 is 0 Å². The number of thiazole rings is 1. The Labute approximate surface area is 186 Å². The number of halogens is 1. The third-order valence-electron chi connectivity index (χ3n) is 4.27. The second-order valence-corrected chi connectivity index (χ2v) is 8.55. The van der Waals surface area contributed by atoms with Gasteiger partial charge in [-0.25, -0.2) is 14.4 Å². The van der Waals surface area contributed by atoms with E-state index >= 15 is 0 Å². The predicted molar refractivity (Wildman–Crippen MR) is 123 cm³/mol. The lowest BCUT2D eigenvalue weighted by atomic mass is 10.2. The van der Waals surface area contributed by atoms with Crippen molar-refractivity contribution >= 4 is 62.7 Å². The number of rotatable bonds is 4. The standard InChI is InChI=1S/C22H17FN4O2S2/c1-13-6-5-7-15(10-13)24-21-26-20(29)19(31-21)11-16-12-30-22(25-16)27(14(2)28)18-9-4-3-8-17(18)23/h3-12H,1-2H3,(H,24,26,29)/b19-11+. The molecule has 3 aromatic rings.